The minimum atomic E-state index is -2.87. The van der Waals surface area contributed by atoms with E-state index in [1.165, 1.54) is 6.07 Å². The van der Waals surface area contributed by atoms with Crippen molar-refractivity contribution in [2.45, 2.75) is 25.8 Å². The molecule has 0 spiro atoms. The first kappa shape index (κ1) is 19.2. The van der Waals surface area contributed by atoms with Crippen molar-refractivity contribution >= 4 is 45.1 Å². The highest BCUT2D eigenvalue weighted by Crippen LogP contribution is 2.42. The lowest BCUT2D eigenvalue weighted by atomic mass is 10.0. The van der Waals surface area contributed by atoms with Crippen LogP contribution < -0.4 is 16.0 Å². The van der Waals surface area contributed by atoms with Gasteiger partial charge in [0.2, 0.25) is 0 Å². The van der Waals surface area contributed by atoms with Crippen molar-refractivity contribution < 1.29 is 17.6 Å². The molecule has 10 heteroatoms. The molecule has 8 nitrogen and oxygen atoms in total. The van der Waals surface area contributed by atoms with E-state index in [-0.39, 0.29) is 17.8 Å². The molecule has 3 rings (SSSR count). The summed E-state index contributed by atoms with van der Waals surface area (Å²) in [6.45, 7) is 1.81. The molecule has 0 saturated carbocycles. The quantitative estimate of drug-likeness (QED) is 0.725. The van der Waals surface area contributed by atoms with E-state index in [1.54, 1.807) is 18.4 Å². The zero-order valence-corrected chi connectivity index (χ0v) is 16.0. The van der Waals surface area contributed by atoms with Crippen molar-refractivity contribution in [3.05, 3.63) is 40.8 Å². The second kappa shape index (κ2) is 8.45. The Morgan fingerprint density at radius 1 is 1.33 bits per heavy atom. The molecule has 2 aromatic rings. The smallest absolute Gasteiger partial charge is 0.319 e. The van der Waals surface area contributed by atoms with Gasteiger partial charge >= 0.3 is 10.5 Å². The Morgan fingerprint density at radius 2 is 2.07 bits per heavy atom. The molecule has 144 valence electrons. The molecule has 1 aliphatic heterocycles. The minimum absolute atomic E-state index is 0.0493. The molecule has 0 unspecified atom stereocenters. The number of hydrogen-bond acceptors (Lipinski definition) is 7. The first-order chi connectivity index (χ1) is 13.0. The zero-order chi connectivity index (χ0) is 19.4. The molecule has 1 aromatic heterocycles. The van der Waals surface area contributed by atoms with Gasteiger partial charge < -0.3 is 20.4 Å². The van der Waals surface area contributed by atoms with Gasteiger partial charge in [-0.3, -0.25) is 4.79 Å². The number of piperidine rings is 1. The minimum Gasteiger partial charge on any atom is -0.467 e. The third-order valence-electron chi connectivity index (χ3n) is 4.35. The number of amides is 1. The van der Waals surface area contributed by atoms with E-state index in [0.717, 1.165) is 32.4 Å². The van der Waals surface area contributed by atoms with Crippen LogP contribution in [-0.2, 0) is 17.0 Å². The summed E-state index contributed by atoms with van der Waals surface area (Å²) in [5.41, 5.74) is 7.22. The molecule has 1 fully saturated rings. The van der Waals surface area contributed by atoms with Gasteiger partial charge in [-0.05, 0) is 37.5 Å². The van der Waals surface area contributed by atoms with Crippen molar-refractivity contribution in [1.82, 2.24) is 0 Å². The summed E-state index contributed by atoms with van der Waals surface area (Å²) >= 11 is 6.48. The molecule has 0 bridgehead atoms. The van der Waals surface area contributed by atoms with Gasteiger partial charge in [0.1, 0.15) is 5.76 Å². The van der Waals surface area contributed by atoms with Gasteiger partial charge in [0.25, 0.3) is 5.91 Å². The number of carbonyl (C=O) groups excluding carboxylic acids is 1. The van der Waals surface area contributed by atoms with Gasteiger partial charge in [-0.2, -0.15) is 8.42 Å². The standard InChI is InChI=1S/C17H19ClN4O4S/c18-14-13(19)9-12(17(23)21-27(24)25)15(20-10-11-5-4-8-26-11)16(14)22-6-2-1-3-7-22/h4-5,8-9,20H,1-3,6-7,10,19H2. The van der Waals surface area contributed by atoms with E-state index in [4.69, 9.17) is 21.8 Å². The molecule has 1 amide bonds. The molecular weight excluding hydrogens is 392 g/mol. The second-order valence-corrected chi connectivity index (χ2v) is 7.14. The van der Waals surface area contributed by atoms with Crippen LogP contribution in [0.3, 0.4) is 0 Å². The van der Waals surface area contributed by atoms with E-state index in [9.17, 15) is 13.2 Å². The predicted octanol–water partition coefficient (Wildman–Crippen LogP) is 3.32. The predicted molar refractivity (Wildman–Crippen MR) is 104 cm³/mol. The topological polar surface area (TPSA) is 118 Å². The SMILES string of the molecule is Nc1cc(C(=O)N=S(=O)=O)c(NCc2ccco2)c(N2CCCCC2)c1Cl. The molecule has 27 heavy (non-hydrogen) atoms. The zero-order valence-electron chi connectivity index (χ0n) is 14.4. The molecule has 1 saturated heterocycles. The Kier molecular flexibility index (Phi) is 6.02. The number of nitrogens with one attached hydrogen (secondary N) is 1. The number of rotatable bonds is 5. The van der Waals surface area contributed by atoms with Crippen LogP contribution in [0.15, 0.2) is 33.2 Å². The fraction of sp³-hybridized carbons (Fsp3) is 0.353. The Hall–Kier alpha value is -2.52. The van der Waals surface area contributed by atoms with Gasteiger partial charge in [-0.1, -0.05) is 16.0 Å². The highest BCUT2D eigenvalue weighted by Gasteiger charge is 2.25. The summed E-state index contributed by atoms with van der Waals surface area (Å²) in [6.07, 6.45) is 4.63. The Morgan fingerprint density at radius 3 is 2.70 bits per heavy atom. The molecular formula is C17H19ClN4O4S. The van der Waals surface area contributed by atoms with Crippen molar-refractivity contribution in [1.29, 1.82) is 0 Å². The van der Waals surface area contributed by atoms with Crippen molar-refractivity contribution in [2.24, 2.45) is 4.36 Å². The monoisotopic (exact) mass is 410 g/mol. The largest absolute Gasteiger partial charge is 0.467 e. The fourth-order valence-electron chi connectivity index (χ4n) is 3.13. The molecule has 0 aliphatic carbocycles. The van der Waals surface area contributed by atoms with Crippen LogP contribution in [0.4, 0.5) is 17.1 Å². The van der Waals surface area contributed by atoms with E-state index >= 15 is 0 Å². The Balaban J connectivity index is 2.11. The number of anilines is 3. The molecule has 3 N–H and O–H groups in total. The summed E-state index contributed by atoms with van der Waals surface area (Å²) in [4.78, 5) is 14.4. The average molecular weight is 411 g/mol. The van der Waals surface area contributed by atoms with Crippen molar-refractivity contribution in [3.63, 3.8) is 0 Å². The third kappa shape index (κ3) is 4.42. The van der Waals surface area contributed by atoms with E-state index < -0.39 is 16.4 Å². The van der Waals surface area contributed by atoms with Crippen molar-refractivity contribution in [2.75, 3.05) is 29.0 Å². The lowest BCUT2D eigenvalue weighted by Crippen LogP contribution is -2.31. The van der Waals surface area contributed by atoms with Crippen LogP contribution in [0.1, 0.15) is 35.4 Å². The summed E-state index contributed by atoms with van der Waals surface area (Å²) in [5, 5.41) is 3.46. The number of carbonyl (C=O) groups is 1. The highest BCUT2D eigenvalue weighted by molar-refractivity contribution is 7.62. The third-order valence-corrected chi connectivity index (χ3v) is 5.06. The van der Waals surface area contributed by atoms with Crippen LogP contribution in [0, 0.1) is 0 Å². The van der Waals surface area contributed by atoms with Gasteiger partial charge in [0.15, 0.2) is 0 Å². The van der Waals surface area contributed by atoms with Crippen LogP contribution in [-0.4, -0.2) is 27.4 Å². The Bertz CT molecular complexity index is 959. The maximum Gasteiger partial charge on any atom is 0.319 e. The summed E-state index contributed by atoms with van der Waals surface area (Å²) in [6, 6.07) is 4.88. The van der Waals surface area contributed by atoms with Crippen LogP contribution in [0.5, 0.6) is 0 Å². The van der Waals surface area contributed by atoms with E-state index in [0.29, 0.717) is 22.2 Å². The maximum absolute atomic E-state index is 12.4. The van der Waals surface area contributed by atoms with Gasteiger partial charge in [-0.15, -0.1) is 0 Å². The lowest BCUT2D eigenvalue weighted by Gasteiger charge is -2.32. The van der Waals surface area contributed by atoms with Gasteiger partial charge in [0.05, 0.1) is 40.5 Å². The maximum atomic E-state index is 12.4. The molecule has 0 radical (unpaired) electrons. The number of hydrogen-bond donors (Lipinski definition) is 2. The molecule has 0 atom stereocenters. The lowest BCUT2D eigenvalue weighted by molar-refractivity contribution is 0.101. The molecule has 2 heterocycles. The summed E-state index contributed by atoms with van der Waals surface area (Å²) in [5.74, 6) is -0.262. The highest BCUT2D eigenvalue weighted by atomic mass is 35.5. The number of benzene rings is 1. The van der Waals surface area contributed by atoms with Crippen LogP contribution >= 0.6 is 11.6 Å². The van der Waals surface area contributed by atoms with Crippen LogP contribution in [0.25, 0.3) is 0 Å². The van der Waals surface area contributed by atoms with Crippen molar-refractivity contribution in [3.8, 4) is 0 Å². The first-order valence-corrected chi connectivity index (χ1v) is 9.87. The average Bonchev–Trinajstić information content (AvgIpc) is 3.16. The number of nitrogens with zero attached hydrogens (tertiary/aromatic N) is 2. The van der Waals surface area contributed by atoms with E-state index in [2.05, 4.69) is 14.6 Å². The number of furan rings is 1. The number of nitrogen functional groups attached to an aromatic ring is 1. The molecule has 1 aromatic carbocycles. The summed E-state index contributed by atoms with van der Waals surface area (Å²) < 4.78 is 30.2. The number of nitrogens with two attached hydrogens (primary N) is 1. The molecule has 1 aliphatic rings. The summed E-state index contributed by atoms with van der Waals surface area (Å²) in [7, 11) is -2.87. The first-order valence-electron chi connectivity index (χ1n) is 8.46. The van der Waals surface area contributed by atoms with Gasteiger partial charge in [-0.25, -0.2) is 0 Å². The van der Waals surface area contributed by atoms with E-state index in [1.807, 2.05) is 0 Å². The second-order valence-electron chi connectivity index (χ2n) is 6.15. The van der Waals surface area contributed by atoms with Crippen LogP contribution in [0.2, 0.25) is 5.02 Å². The normalized spacial score (nSPS) is 14.0. The number of halogens is 1. The fourth-order valence-corrected chi connectivity index (χ4v) is 3.63. The van der Waals surface area contributed by atoms with Gasteiger partial charge in [0, 0.05) is 13.1 Å². The Labute approximate surface area is 163 Å².